The summed E-state index contributed by atoms with van der Waals surface area (Å²) in [7, 11) is -1.73. The summed E-state index contributed by atoms with van der Waals surface area (Å²) < 4.78 is 0. The number of aryl methyl sites for hydroxylation is 1. The lowest BCUT2D eigenvalue weighted by molar-refractivity contribution is 0.479. The highest BCUT2D eigenvalue weighted by molar-refractivity contribution is 7.45. The van der Waals surface area contributed by atoms with Crippen molar-refractivity contribution in [3.63, 3.8) is 0 Å². The normalized spacial score (nSPS) is 11.3. The second-order valence-corrected chi connectivity index (χ2v) is 7.51. The van der Waals surface area contributed by atoms with Crippen molar-refractivity contribution in [2.24, 2.45) is 0 Å². The predicted molar refractivity (Wildman–Crippen MR) is 101 cm³/mol. The summed E-state index contributed by atoms with van der Waals surface area (Å²) in [6.07, 6.45) is 12.0. The van der Waals surface area contributed by atoms with E-state index >= 15 is 0 Å². The van der Waals surface area contributed by atoms with Gasteiger partial charge in [-0.15, -0.1) is 0 Å². The Hall–Kier alpha value is -0.470. The number of hydrogen-bond acceptors (Lipinski definition) is 3. The van der Waals surface area contributed by atoms with Crippen LogP contribution in [-0.2, 0) is 13.0 Å². The summed E-state index contributed by atoms with van der Waals surface area (Å²) >= 11 is 0. The van der Waals surface area contributed by atoms with E-state index in [1.54, 1.807) is 0 Å². The molecule has 1 aromatic rings. The van der Waals surface area contributed by atoms with Gasteiger partial charge in [0.1, 0.15) is 0 Å². The van der Waals surface area contributed by atoms with Gasteiger partial charge in [-0.3, -0.25) is 0 Å². The molecule has 0 aliphatic rings. The largest absolute Gasteiger partial charge is 0.350 e. The minimum Gasteiger partial charge on any atom is -0.350 e. The lowest BCUT2D eigenvalue weighted by atomic mass is 10.0. The summed E-state index contributed by atoms with van der Waals surface area (Å²) in [6.45, 7) is 3.95. The third-order valence-corrected chi connectivity index (χ3v) is 4.85. The summed E-state index contributed by atoms with van der Waals surface area (Å²) in [5, 5.41) is 3.34. The molecule has 1 aromatic carbocycles. The maximum atomic E-state index is 8.83. The molecule has 0 spiro atoms. The van der Waals surface area contributed by atoms with Crippen molar-refractivity contribution in [3.05, 3.63) is 35.4 Å². The Bertz CT molecular complexity index is 381. The average molecular weight is 339 g/mol. The second-order valence-electron chi connectivity index (χ2n) is 6.31. The Labute approximate surface area is 143 Å². The SMILES string of the molecule is CCCCCCCCCc1ccc(CNCCCP(O)O)cc1. The Kier molecular flexibility index (Phi) is 12.5. The van der Waals surface area contributed by atoms with Crippen LogP contribution in [0.15, 0.2) is 24.3 Å². The molecule has 3 N–H and O–H groups in total. The fourth-order valence-corrected chi connectivity index (χ4v) is 3.13. The van der Waals surface area contributed by atoms with Crippen LogP contribution in [0.25, 0.3) is 0 Å². The average Bonchev–Trinajstić information content (AvgIpc) is 2.55. The quantitative estimate of drug-likeness (QED) is 0.338. The van der Waals surface area contributed by atoms with E-state index in [0.717, 1.165) is 19.5 Å². The van der Waals surface area contributed by atoms with Gasteiger partial charge < -0.3 is 15.1 Å². The number of hydrogen-bond donors (Lipinski definition) is 3. The number of unbranched alkanes of at least 4 members (excludes halogenated alkanes) is 6. The van der Waals surface area contributed by atoms with Gasteiger partial charge in [0, 0.05) is 12.7 Å². The van der Waals surface area contributed by atoms with Gasteiger partial charge in [0.05, 0.1) is 0 Å². The van der Waals surface area contributed by atoms with E-state index in [1.807, 2.05) is 0 Å². The van der Waals surface area contributed by atoms with E-state index in [1.165, 1.54) is 62.5 Å². The van der Waals surface area contributed by atoms with E-state index in [9.17, 15) is 0 Å². The molecule has 0 atom stereocenters. The zero-order chi connectivity index (χ0) is 16.8. The molecule has 0 aliphatic heterocycles. The fraction of sp³-hybridized carbons (Fsp3) is 0.684. The van der Waals surface area contributed by atoms with Crippen molar-refractivity contribution in [3.8, 4) is 0 Å². The van der Waals surface area contributed by atoms with E-state index in [4.69, 9.17) is 9.79 Å². The second kappa shape index (κ2) is 13.9. The van der Waals surface area contributed by atoms with Crippen LogP contribution in [0.5, 0.6) is 0 Å². The van der Waals surface area contributed by atoms with Crippen molar-refractivity contribution in [1.82, 2.24) is 5.32 Å². The molecular formula is C19H34NO2P. The van der Waals surface area contributed by atoms with Gasteiger partial charge >= 0.3 is 0 Å². The molecule has 132 valence electrons. The highest BCUT2D eigenvalue weighted by Crippen LogP contribution is 2.22. The molecule has 0 heterocycles. The summed E-state index contributed by atoms with van der Waals surface area (Å²) in [5.74, 6) is 0. The first-order chi connectivity index (χ1) is 11.2. The van der Waals surface area contributed by atoms with Gasteiger partial charge in [0.15, 0.2) is 8.38 Å². The van der Waals surface area contributed by atoms with Gasteiger partial charge in [-0.05, 0) is 36.9 Å². The maximum Gasteiger partial charge on any atom is 0.164 e. The summed E-state index contributed by atoms with van der Waals surface area (Å²) in [6, 6.07) is 8.90. The molecule has 23 heavy (non-hydrogen) atoms. The molecule has 3 nitrogen and oxygen atoms in total. The zero-order valence-corrected chi connectivity index (χ0v) is 15.5. The third kappa shape index (κ3) is 11.7. The molecule has 0 saturated heterocycles. The molecule has 0 saturated carbocycles. The lowest BCUT2D eigenvalue weighted by Crippen LogP contribution is -2.15. The van der Waals surface area contributed by atoms with Crippen LogP contribution in [0.3, 0.4) is 0 Å². The molecular weight excluding hydrogens is 305 g/mol. The standard InChI is InChI=1S/C19H34NO2P/c1-2-3-4-5-6-7-8-10-18-11-13-19(14-12-18)17-20-15-9-16-23(21)22/h11-14,20-22H,2-10,15-17H2,1H3. The summed E-state index contributed by atoms with van der Waals surface area (Å²) in [4.78, 5) is 17.7. The number of benzene rings is 1. The van der Waals surface area contributed by atoms with Crippen LogP contribution in [0.2, 0.25) is 0 Å². The van der Waals surface area contributed by atoms with E-state index in [2.05, 4.69) is 36.5 Å². The van der Waals surface area contributed by atoms with E-state index < -0.39 is 8.38 Å². The monoisotopic (exact) mass is 339 g/mol. The molecule has 0 fully saturated rings. The highest BCUT2D eigenvalue weighted by Gasteiger charge is 1.99. The molecule has 0 amide bonds. The van der Waals surface area contributed by atoms with Crippen LogP contribution < -0.4 is 5.32 Å². The molecule has 0 aromatic heterocycles. The first kappa shape index (κ1) is 20.6. The van der Waals surface area contributed by atoms with Crippen LogP contribution in [0, 0.1) is 0 Å². The first-order valence-corrected chi connectivity index (χ1v) is 10.6. The Balaban J connectivity index is 2.06. The van der Waals surface area contributed by atoms with Gasteiger partial charge in [-0.2, -0.15) is 0 Å². The Morgan fingerprint density at radius 1 is 0.826 bits per heavy atom. The molecule has 1 rings (SSSR count). The van der Waals surface area contributed by atoms with Gasteiger partial charge in [-0.1, -0.05) is 69.7 Å². The lowest BCUT2D eigenvalue weighted by Gasteiger charge is -2.07. The smallest absolute Gasteiger partial charge is 0.164 e. The van der Waals surface area contributed by atoms with Crippen molar-refractivity contribution in [1.29, 1.82) is 0 Å². The summed E-state index contributed by atoms with van der Waals surface area (Å²) in [5.41, 5.74) is 2.73. The van der Waals surface area contributed by atoms with E-state index in [-0.39, 0.29) is 0 Å². The Morgan fingerprint density at radius 2 is 1.43 bits per heavy atom. The number of rotatable bonds is 14. The van der Waals surface area contributed by atoms with Crippen LogP contribution >= 0.6 is 8.38 Å². The highest BCUT2D eigenvalue weighted by atomic mass is 31.2. The van der Waals surface area contributed by atoms with Crippen molar-refractivity contribution in [2.45, 2.75) is 71.3 Å². The van der Waals surface area contributed by atoms with Crippen molar-refractivity contribution in [2.75, 3.05) is 12.7 Å². The van der Waals surface area contributed by atoms with Crippen LogP contribution in [0.4, 0.5) is 0 Å². The third-order valence-electron chi connectivity index (χ3n) is 4.13. The first-order valence-electron chi connectivity index (χ1n) is 9.16. The molecule has 0 bridgehead atoms. The molecule has 0 aliphatic carbocycles. The molecule has 0 radical (unpaired) electrons. The maximum absolute atomic E-state index is 8.83. The number of nitrogens with one attached hydrogen (secondary N) is 1. The van der Waals surface area contributed by atoms with E-state index in [0.29, 0.717) is 6.16 Å². The Morgan fingerprint density at radius 3 is 2.09 bits per heavy atom. The van der Waals surface area contributed by atoms with Crippen LogP contribution in [0.1, 0.15) is 69.4 Å². The fourth-order valence-electron chi connectivity index (χ4n) is 2.69. The predicted octanol–water partition coefficient (Wildman–Crippen LogP) is 4.76. The van der Waals surface area contributed by atoms with Crippen LogP contribution in [-0.4, -0.2) is 22.5 Å². The molecule has 0 unspecified atom stereocenters. The van der Waals surface area contributed by atoms with Gasteiger partial charge in [0.25, 0.3) is 0 Å². The topological polar surface area (TPSA) is 52.5 Å². The minimum absolute atomic E-state index is 0.500. The van der Waals surface area contributed by atoms with Crippen molar-refractivity contribution < 1.29 is 9.79 Å². The van der Waals surface area contributed by atoms with Gasteiger partial charge in [-0.25, -0.2) is 0 Å². The van der Waals surface area contributed by atoms with Gasteiger partial charge in [0.2, 0.25) is 0 Å². The minimum atomic E-state index is -1.73. The molecule has 4 heteroatoms. The zero-order valence-electron chi connectivity index (χ0n) is 14.6. The van der Waals surface area contributed by atoms with Crippen molar-refractivity contribution >= 4 is 8.38 Å².